The Morgan fingerprint density at radius 3 is 2.53 bits per heavy atom. The van der Waals surface area contributed by atoms with Gasteiger partial charge in [-0.3, -0.25) is 4.79 Å². The van der Waals surface area contributed by atoms with Crippen LogP contribution in [-0.2, 0) is 9.53 Å². The van der Waals surface area contributed by atoms with E-state index >= 15 is 0 Å². The van der Waals surface area contributed by atoms with Gasteiger partial charge in [-0.15, -0.1) is 0 Å². The Morgan fingerprint density at radius 2 is 2.06 bits per heavy atom. The largest absolute Gasteiger partial charge is 0.481 e. The van der Waals surface area contributed by atoms with E-state index in [1.807, 2.05) is 0 Å². The van der Waals surface area contributed by atoms with Gasteiger partial charge in [-0.25, -0.2) is 0 Å². The molecule has 4 heteroatoms. The van der Waals surface area contributed by atoms with Crippen molar-refractivity contribution in [1.29, 1.82) is 0 Å². The fourth-order valence-corrected chi connectivity index (χ4v) is 4.06. The summed E-state index contributed by atoms with van der Waals surface area (Å²) in [6, 6.07) is 0. The van der Waals surface area contributed by atoms with Crippen molar-refractivity contribution >= 4 is 28.6 Å². The van der Waals surface area contributed by atoms with Gasteiger partial charge in [0.05, 0.1) is 18.1 Å². The van der Waals surface area contributed by atoms with E-state index in [9.17, 15) is 4.79 Å². The number of aliphatic carboxylic acids is 1. The van der Waals surface area contributed by atoms with Crippen LogP contribution in [0.25, 0.3) is 0 Å². The molecule has 0 aromatic carbocycles. The Kier molecular flexibility index (Phi) is 2.93. The summed E-state index contributed by atoms with van der Waals surface area (Å²) in [6.45, 7) is 0.903. The molecule has 0 amide bonds. The second kappa shape index (κ2) is 4.08. The number of halogens is 1. The smallest absolute Gasteiger partial charge is 0.306 e. The average molecular weight is 350 g/mol. The molecule has 0 radical (unpaired) electrons. The van der Waals surface area contributed by atoms with Crippen molar-refractivity contribution in [3.63, 3.8) is 0 Å². The van der Waals surface area contributed by atoms with E-state index in [-0.39, 0.29) is 11.5 Å². The molecule has 2 saturated heterocycles. The molecule has 3 nitrogen and oxygen atoms in total. The van der Waals surface area contributed by atoms with E-state index in [2.05, 4.69) is 22.6 Å². The lowest BCUT2D eigenvalue weighted by atomic mass is 9.73. The molecular formula is C13H19IO3. The first-order valence-corrected chi connectivity index (χ1v) is 7.66. The van der Waals surface area contributed by atoms with Crippen LogP contribution >= 0.6 is 22.6 Å². The zero-order valence-corrected chi connectivity index (χ0v) is 12.1. The molecule has 17 heavy (non-hydrogen) atoms. The van der Waals surface area contributed by atoms with Crippen molar-refractivity contribution in [2.24, 2.45) is 11.8 Å². The molecule has 0 spiro atoms. The number of rotatable bonds is 4. The van der Waals surface area contributed by atoms with Gasteiger partial charge in [0.1, 0.15) is 0 Å². The molecule has 4 rings (SSSR count). The second-order valence-corrected chi connectivity index (χ2v) is 8.39. The molecule has 0 aromatic heterocycles. The molecule has 2 unspecified atom stereocenters. The first-order valence-electron chi connectivity index (χ1n) is 6.58. The highest BCUT2D eigenvalue weighted by Gasteiger charge is 2.50. The molecule has 2 aliphatic carbocycles. The van der Waals surface area contributed by atoms with Crippen LogP contribution in [-0.4, -0.2) is 26.7 Å². The average Bonchev–Trinajstić information content (AvgIpc) is 3.08. The molecule has 2 atom stereocenters. The SMILES string of the molecule is O=C(O)C1CC1CCC12CCC(I)(CC1)CO2. The topological polar surface area (TPSA) is 46.5 Å². The highest BCUT2D eigenvalue weighted by molar-refractivity contribution is 14.1. The monoisotopic (exact) mass is 350 g/mol. The molecule has 2 saturated carbocycles. The lowest BCUT2D eigenvalue weighted by Gasteiger charge is -2.51. The van der Waals surface area contributed by atoms with E-state index in [4.69, 9.17) is 9.84 Å². The van der Waals surface area contributed by atoms with Crippen LogP contribution in [0.1, 0.15) is 44.9 Å². The summed E-state index contributed by atoms with van der Waals surface area (Å²) in [5.41, 5.74) is 0.110. The highest BCUT2D eigenvalue weighted by Crippen LogP contribution is 2.52. The minimum atomic E-state index is -0.605. The Morgan fingerprint density at radius 1 is 1.35 bits per heavy atom. The van der Waals surface area contributed by atoms with Gasteiger partial charge in [-0.05, 0) is 50.9 Å². The summed E-state index contributed by atoms with van der Waals surface area (Å²) >= 11 is 2.56. The minimum absolute atomic E-state index is 0.0535. The Labute approximate surface area is 115 Å². The van der Waals surface area contributed by atoms with Crippen LogP contribution in [0.15, 0.2) is 0 Å². The van der Waals surface area contributed by atoms with Crippen LogP contribution < -0.4 is 0 Å². The van der Waals surface area contributed by atoms with Gasteiger partial charge in [0.15, 0.2) is 0 Å². The number of carboxylic acid groups (broad SMARTS) is 1. The predicted octanol–water partition coefficient (Wildman–Crippen LogP) is 3.00. The fraction of sp³-hybridized carbons (Fsp3) is 0.923. The maximum atomic E-state index is 10.8. The quantitative estimate of drug-likeness (QED) is 0.626. The Balaban J connectivity index is 1.51. The van der Waals surface area contributed by atoms with Crippen molar-refractivity contribution in [3.05, 3.63) is 0 Å². The summed E-state index contributed by atoms with van der Waals surface area (Å²) in [6.07, 6.45) is 7.93. The third-order valence-electron chi connectivity index (χ3n) is 4.90. The van der Waals surface area contributed by atoms with Gasteiger partial charge in [-0.2, -0.15) is 0 Å². The van der Waals surface area contributed by atoms with Crippen molar-refractivity contribution in [3.8, 4) is 0 Å². The molecule has 4 fully saturated rings. The van der Waals surface area contributed by atoms with E-state index in [1.165, 1.54) is 25.7 Å². The van der Waals surface area contributed by atoms with Gasteiger partial charge in [0, 0.05) is 3.42 Å². The summed E-state index contributed by atoms with van der Waals surface area (Å²) in [5.74, 6) is -0.229. The van der Waals surface area contributed by atoms with Crippen LogP contribution in [0.3, 0.4) is 0 Å². The Hall–Kier alpha value is 0.160. The number of hydrogen-bond donors (Lipinski definition) is 1. The third-order valence-corrected chi connectivity index (χ3v) is 6.30. The fourth-order valence-electron chi connectivity index (χ4n) is 3.36. The highest BCUT2D eigenvalue weighted by atomic mass is 127. The van der Waals surface area contributed by atoms with Gasteiger partial charge < -0.3 is 9.84 Å². The van der Waals surface area contributed by atoms with Crippen molar-refractivity contribution in [2.75, 3.05) is 6.61 Å². The molecule has 2 aliphatic heterocycles. The summed E-state index contributed by atoms with van der Waals surface area (Å²) in [4.78, 5) is 10.8. The van der Waals surface area contributed by atoms with Gasteiger partial charge >= 0.3 is 5.97 Å². The zero-order chi connectivity index (χ0) is 12.1. The zero-order valence-electron chi connectivity index (χ0n) is 9.95. The predicted molar refractivity (Wildman–Crippen MR) is 72.4 cm³/mol. The summed E-state index contributed by atoms with van der Waals surface area (Å²) in [7, 11) is 0. The lowest BCUT2D eigenvalue weighted by Crippen LogP contribution is -2.51. The maximum Gasteiger partial charge on any atom is 0.306 e. The molecular weight excluding hydrogens is 331 g/mol. The second-order valence-electron chi connectivity index (χ2n) is 6.10. The molecule has 1 N–H and O–H groups in total. The summed E-state index contributed by atoms with van der Waals surface area (Å²) < 4.78 is 6.49. The third kappa shape index (κ3) is 2.35. The van der Waals surface area contributed by atoms with Gasteiger partial charge in [-0.1, -0.05) is 22.6 Å². The number of hydrogen-bond acceptors (Lipinski definition) is 2. The molecule has 96 valence electrons. The van der Waals surface area contributed by atoms with E-state index in [0.29, 0.717) is 9.34 Å². The number of fused-ring (bicyclic) bond motifs is 3. The van der Waals surface area contributed by atoms with Crippen LogP contribution in [0.2, 0.25) is 0 Å². The van der Waals surface area contributed by atoms with E-state index < -0.39 is 5.97 Å². The number of carbonyl (C=O) groups is 1. The summed E-state index contributed by atoms with van der Waals surface area (Å²) in [5, 5.41) is 8.89. The standard InChI is InChI=1S/C13H19IO3/c14-12-3-5-13(6-4-12,17-8-12)2-1-9-7-10(9)11(15)16/h9-10H,1-8H2,(H,15,16). The molecule has 4 aliphatic rings. The first-order chi connectivity index (χ1) is 8.02. The molecule has 0 aromatic rings. The van der Waals surface area contributed by atoms with Gasteiger partial charge in [0.2, 0.25) is 0 Å². The number of ether oxygens (including phenoxy) is 1. The number of carboxylic acids is 1. The van der Waals surface area contributed by atoms with Crippen molar-refractivity contribution in [1.82, 2.24) is 0 Å². The minimum Gasteiger partial charge on any atom is -0.481 e. The maximum absolute atomic E-state index is 10.8. The molecule has 2 heterocycles. The molecule has 2 bridgehead atoms. The van der Waals surface area contributed by atoms with Crippen LogP contribution in [0.4, 0.5) is 0 Å². The van der Waals surface area contributed by atoms with Crippen LogP contribution in [0, 0.1) is 11.8 Å². The van der Waals surface area contributed by atoms with Gasteiger partial charge in [0.25, 0.3) is 0 Å². The van der Waals surface area contributed by atoms with Crippen molar-refractivity contribution < 1.29 is 14.6 Å². The van der Waals surface area contributed by atoms with Crippen LogP contribution in [0.5, 0.6) is 0 Å². The Bertz CT molecular complexity index is 317. The van der Waals surface area contributed by atoms with E-state index in [1.54, 1.807) is 0 Å². The van der Waals surface area contributed by atoms with Crippen molar-refractivity contribution in [2.45, 2.75) is 54.0 Å². The normalized spacial score (nSPS) is 48.1. The first kappa shape index (κ1) is 12.2. The van der Waals surface area contributed by atoms with E-state index in [0.717, 1.165) is 25.9 Å². The lowest BCUT2D eigenvalue weighted by molar-refractivity contribution is -0.140. The number of alkyl halides is 1.